The summed E-state index contributed by atoms with van der Waals surface area (Å²) in [5, 5.41) is 3.06. The van der Waals surface area contributed by atoms with Crippen LogP contribution < -0.4 is 5.32 Å². The fourth-order valence-corrected chi connectivity index (χ4v) is 3.24. The molecule has 0 heterocycles. The molecule has 2 rings (SSSR count). The number of para-hydroxylation sites is 1. The molecule has 0 aromatic heterocycles. The summed E-state index contributed by atoms with van der Waals surface area (Å²) in [6, 6.07) is 18.2. The highest BCUT2D eigenvalue weighted by atomic mass is 32.2. The fraction of sp³-hybridized carbons (Fsp3) is 0.350. The zero-order valence-corrected chi connectivity index (χ0v) is 15.3. The summed E-state index contributed by atoms with van der Waals surface area (Å²) >= 11 is 1.67. The molecule has 0 saturated heterocycles. The van der Waals surface area contributed by atoms with E-state index in [2.05, 4.69) is 36.3 Å². The molecular weight excluding hydrogens is 316 g/mol. The van der Waals surface area contributed by atoms with E-state index in [1.165, 1.54) is 17.7 Å². The number of anilines is 1. The van der Waals surface area contributed by atoms with Crippen LogP contribution in [-0.4, -0.2) is 30.9 Å². The van der Waals surface area contributed by atoms with Gasteiger partial charge in [-0.1, -0.05) is 55.4 Å². The molecule has 0 aliphatic carbocycles. The van der Waals surface area contributed by atoms with E-state index in [4.69, 9.17) is 0 Å². The molecule has 24 heavy (non-hydrogen) atoms. The Labute approximate surface area is 149 Å². The quantitative estimate of drug-likeness (QED) is 0.703. The van der Waals surface area contributed by atoms with Crippen LogP contribution in [0.4, 0.5) is 5.69 Å². The summed E-state index contributed by atoms with van der Waals surface area (Å²) in [6.45, 7) is 4.02. The predicted molar refractivity (Wildman–Crippen MR) is 103 cm³/mol. The summed E-state index contributed by atoms with van der Waals surface area (Å²) in [4.78, 5) is 16.7. The maximum Gasteiger partial charge on any atom is 0.225 e. The van der Waals surface area contributed by atoms with Crippen molar-refractivity contribution in [2.45, 2.75) is 36.0 Å². The van der Waals surface area contributed by atoms with Crippen molar-refractivity contribution in [3.8, 4) is 0 Å². The molecule has 0 aliphatic heterocycles. The topological polar surface area (TPSA) is 32.3 Å². The van der Waals surface area contributed by atoms with Crippen LogP contribution >= 0.6 is 11.8 Å². The Balaban J connectivity index is 1.91. The van der Waals surface area contributed by atoms with Crippen LogP contribution in [0.2, 0.25) is 0 Å². The first kappa shape index (κ1) is 18.6. The second kappa shape index (κ2) is 10.2. The molecule has 0 atom stereocenters. The Kier molecular flexibility index (Phi) is 7.86. The molecule has 3 nitrogen and oxygen atoms in total. The van der Waals surface area contributed by atoms with Gasteiger partial charge in [-0.25, -0.2) is 0 Å². The zero-order chi connectivity index (χ0) is 17.2. The van der Waals surface area contributed by atoms with Gasteiger partial charge >= 0.3 is 0 Å². The molecule has 0 fully saturated rings. The lowest BCUT2D eigenvalue weighted by atomic mass is 10.3. The van der Waals surface area contributed by atoms with E-state index < -0.39 is 0 Å². The van der Waals surface area contributed by atoms with Gasteiger partial charge in [-0.3, -0.25) is 4.79 Å². The van der Waals surface area contributed by atoms with Gasteiger partial charge in [0, 0.05) is 22.8 Å². The molecule has 0 unspecified atom stereocenters. The molecule has 2 aromatic rings. The maximum absolute atomic E-state index is 12.2. The van der Waals surface area contributed by atoms with Crippen molar-refractivity contribution in [1.82, 2.24) is 4.90 Å². The van der Waals surface area contributed by atoms with Gasteiger partial charge in [0.25, 0.3) is 0 Å². The average Bonchev–Trinajstić information content (AvgIpc) is 2.61. The van der Waals surface area contributed by atoms with Gasteiger partial charge in [0.05, 0.1) is 5.69 Å². The van der Waals surface area contributed by atoms with Crippen LogP contribution in [0.25, 0.3) is 0 Å². The van der Waals surface area contributed by atoms with Crippen molar-refractivity contribution in [2.75, 3.05) is 25.5 Å². The molecule has 1 amide bonds. The van der Waals surface area contributed by atoms with Crippen molar-refractivity contribution in [3.63, 3.8) is 0 Å². The lowest BCUT2D eigenvalue weighted by molar-refractivity contribution is -0.116. The SMILES string of the molecule is CCCCN(C)CCC(=O)Nc1ccccc1Sc1ccccc1. The molecule has 0 radical (unpaired) electrons. The van der Waals surface area contributed by atoms with Gasteiger partial charge < -0.3 is 10.2 Å². The van der Waals surface area contributed by atoms with Gasteiger partial charge in [0.2, 0.25) is 5.91 Å². The number of unbranched alkanes of at least 4 members (excludes halogenated alkanes) is 1. The standard InChI is InChI=1S/C20H26N2OS/c1-3-4-15-22(2)16-14-20(23)21-18-12-8-9-13-19(18)24-17-10-6-5-7-11-17/h5-13H,3-4,14-16H2,1-2H3,(H,21,23). The van der Waals surface area contributed by atoms with Gasteiger partial charge in [-0.15, -0.1) is 0 Å². The Morgan fingerprint density at radius 2 is 1.75 bits per heavy atom. The molecule has 4 heteroatoms. The van der Waals surface area contributed by atoms with Crippen molar-refractivity contribution < 1.29 is 4.79 Å². The van der Waals surface area contributed by atoms with E-state index in [1.807, 2.05) is 42.5 Å². The van der Waals surface area contributed by atoms with Crippen molar-refractivity contribution >= 4 is 23.4 Å². The molecule has 2 aromatic carbocycles. The number of hydrogen-bond acceptors (Lipinski definition) is 3. The van der Waals surface area contributed by atoms with Gasteiger partial charge in [0.1, 0.15) is 0 Å². The van der Waals surface area contributed by atoms with E-state index in [0.717, 1.165) is 23.7 Å². The molecule has 128 valence electrons. The van der Waals surface area contributed by atoms with Gasteiger partial charge in [-0.05, 0) is 44.3 Å². The Hall–Kier alpha value is -1.78. The Morgan fingerprint density at radius 3 is 2.50 bits per heavy atom. The first-order valence-corrected chi connectivity index (χ1v) is 9.31. The van der Waals surface area contributed by atoms with Gasteiger partial charge in [0.15, 0.2) is 0 Å². The third kappa shape index (κ3) is 6.38. The largest absolute Gasteiger partial charge is 0.325 e. The summed E-state index contributed by atoms with van der Waals surface area (Å²) in [6.07, 6.45) is 2.87. The van der Waals surface area contributed by atoms with Crippen LogP contribution in [0.5, 0.6) is 0 Å². The zero-order valence-electron chi connectivity index (χ0n) is 14.5. The Morgan fingerprint density at radius 1 is 1.04 bits per heavy atom. The first-order valence-electron chi connectivity index (χ1n) is 8.49. The number of benzene rings is 2. The summed E-state index contributed by atoms with van der Waals surface area (Å²) in [7, 11) is 2.07. The second-order valence-electron chi connectivity index (χ2n) is 5.87. The minimum Gasteiger partial charge on any atom is -0.325 e. The average molecular weight is 343 g/mol. The predicted octanol–water partition coefficient (Wildman–Crippen LogP) is 4.90. The number of rotatable bonds is 9. The highest BCUT2D eigenvalue weighted by molar-refractivity contribution is 7.99. The highest BCUT2D eigenvalue weighted by Crippen LogP contribution is 2.33. The minimum absolute atomic E-state index is 0.0689. The smallest absolute Gasteiger partial charge is 0.225 e. The molecule has 0 saturated carbocycles. The number of nitrogens with one attached hydrogen (secondary N) is 1. The highest BCUT2D eigenvalue weighted by Gasteiger charge is 2.09. The summed E-state index contributed by atoms with van der Waals surface area (Å²) < 4.78 is 0. The molecule has 1 N–H and O–H groups in total. The van der Waals surface area contributed by atoms with Crippen LogP contribution in [-0.2, 0) is 4.79 Å². The lowest BCUT2D eigenvalue weighted by Crippen LogP contribution is -2.25. The van der Waals surface area contributed by atoms with Crippen LogP contribution in [0.15, 0.2) is 64.4 Å². The lowest BCUT2D eigenvalue weighted by Gasteiger charge is -2.16. The van der Waals surface area contributed by atoms with Gasteiger partial charge in [-0.2, -0.15) is 0 Å². The minimum atomic E-state index is 0.0689. The first-order chi connectivity index (χ1) is 11.7. The third-order valence-corrected chi connectivity index (χ3v) is 4.83. The fourth-order valence-electron chi connectivity index (χ4n) is 2.32. The number of carbonyl (C=O) groups is 1. The summed E-state index contributed by atoms with van der Waals surface area (Å²) in [5.74, 6) is 0.0689. The van der Waals surface area contributed by atoms with E-state index in [1.54, 1.807) is 11.8 Å². The Bertz CT molecular complexity index is 631. The number of nitrogens with zero attached hydrogens (tertiary/aromatic N) is 1. The maximum atomic E-state index is 12.2. The van der Waals surface area contributed by atoms with Crippen molar-refractivity contribution in [1.29, 1.82) is 0 Å². The number of amides is 1. The monoisotopic (exact) mass is 342 g/mol. The molecule has 0 bridgehead atoms. The van der Waals surface area contributed by atoms with Crippen LogP contribution in [0, 0.1) is 0 Å². The van der Waals surface area contributed by atoms with Crippen molar-refractivity contribution in [2.24, 2.45) is 0 Å². The second-order valence-corrected chi connectivity index (χ2v) is 6.98. The van der Waals surface area contributed by atoms with E-state index >= 15 is 0 Å². The number of hydrogen-bond donors (Lipinski definition) is 1. The summed E-state index contributed by atoms with van der Waals surface area (Å²) in [5.41, 5.74) is 0.882. The molecule has 0 spiro atoms. The van der Waals surface area contributed by atoms with Crippen LogP contribution in [0.1, 0.15) is 26.2 Å². The van der Waals surface area contributed by atoms with E-state index in [0.29, 0.717) is 6.42 Å². The number of carbonyl (C=O) groups excluding carboxylic acids is 1. The third-order valence-electron chi connectivity index (χ3n) is 3.75. The molecular formula is C20H26N2OS. The van der Waals surface area contributed by atoms with E-state index in [-0.39, 0.29) is 5.91 Å². The normalized spacial score (nSPS) is 10.8. The van der Waals surface area contributed by atoms with Crippen LogP contribution in [0.3, 0.4) is 0 Å². The molecule has 0 aliphatic rings. The van der Waals surface area contributed by atoms with Crippen molar-refractivity contribution in [3.05, 3.63) is 54.6 Å². The van der Waals surface area contributed by atoms with E-state index in [9.17, 15) is 4.79 Å².